The van der Waals surface area contributed by atoms with Crippen LogP contribution in [0.4, 0.5) is 11.4 Å². The fourth-order valence-corrected chi connectivity index (χ4v) is 2.05. The average Bonchev–Trinajstić information content (AvgIpc) is 2.59. The lowest BCUT2D eigenvalue weighted by Gasteiger charge is -2.09. The van der Waals surface area contributed by atoms with Crippen LogP contribution in [0.3, 0.4) is 0 Å². The second kappa shape index (κ2) is 8.16. The van der Waals surface area contributed by atoms with Crippen LogP contribution in [-0.2, 0) is 14.3 Å². The third-order valence-electron chi connectivity index (χ3n) is 3.07. The van der Waals surface area contributed by atoms with Gasteiger partial charge in [0.25, 0.3) is 0 Å². The highest BCUT2D eigenvalue weighted by atomic mass is 35.5. The number of hydrogen-bond donors (Lipinski definition) is 3. The number of amides is 2. The minimum Gasteiger partial charge on any atom is -0.506 e. The Morgan fingerprint density at radius 3 is 2.32 bits per heavy atom. The summed E-state index contributed by atoms with van der Waals surface area (Å²) in [6, 6.07) is 9.92. The minimum atomic E-state index is -0.980. The van der Waals surface area contributed by atoms with Crippen molar-refractivity contribution >= 4 is 40.8 Å². The molecule has 0 fully saturated rings. The summed E-state index contributed by atoms with van der Waals surface area (Å²) < 4.78 is 4.85. The molecule has 0 aliphatic rings. The number of rotatable bonds is 4. The van der Waals surface area contributed by atoms with Gasteiger partial charge in [0.2, 0.25) is 0 Å². The zero-order chi connectivity index (χ0) is 18.4. The summed E-state index contributed by atoms with van der Waals surface area (Å²) in [5, 5.41) is 14.6. The smallest absolute Gasteiger partial charge is 0.338 e. The van der Waals surface area contributed by atoms with E-state index in [0.29, 0.717) is 16.3 Å². The number of carbonyl (C=O) groups is 3. The Hall–Kier alpha value is -3.06. The van der Waals surface area contributed by atoms with Crippen LogP contribution in [0.1, 0.15) is 17.3 Å². The van der Waals surface area contributed by atoms with Crippen LogP contribution in [-0.4, -0.2) is 29.5 Å². The fraction of sp³-hybridized carbons (Fsp3) is 0.118. The summed E-state index contributed by atoms with van der Waals surface area (Å²) >= 11 is 5.77. The predicted octanol–water partition coefficient (Wildman–Crippen LogP) is 2.80. The van der Waals surface area contributed by atoms with Gasteiger partial charge in [0.15, 0.2) is 0 Å². The normalized spacial score (nSPS) is 10.0. The zero-order valence-corrected chi connectivity index (χ0v) is 14.0. The molecule has 25 heavy (non-hydrogen) atoms. The van der Waals surface area contributed by atoms with Gasteiger partial charge < -0.3 is 20.5 Å². The first-order valence-electron chi connectivity index (χ1n) is 7.28. The molecule has 0 atom stereocenters. The van der Waals surface area contributed by atoms with Gasteiger partial charge in [-0.05, 0) is 49.4 Å². The Labute approximate surface area is 148 Å². The molecule has 130 valence electrons. The van der Waals surface area contributed by atoms with E-state index in [2.05, 4.69) is 10.6 Å². The van der Waals surface area contributed by atoms with Crippen molar-refractivity contribution in [3.8, 4) is 5.75 Å². The third-order valence-corrected chi connectivity index (χ3v) is 3.30. The van der Waals surface area contributed by atoms with Gasteiger partial charge in [0.1, 0.15) is 5.75 Å². The summed E-state index contributed by atoms with van der Waals surface area (Å²) in [5.41, 5.74) is 0.668. The van der Waals surface area contributed by atoms with Crippen LogP contribution < -0.4 is 10.6 Å². The number of halogens is 1. The maximum absolute atomic E-state index is 11.9. The van der Waals surface area contributed by atoms with Crippen molar-refractivity contribution in [2.45, 2.75) is 6.92 Å². The number of carbonyl (C=O) groups excluding carboxylic acids is 3. The van der Waals surface area contributed by atoms with Crippen molar-refractivity contribution in [1.82, 2.24) is 0 Å². The summed E-state index contributed by atoms with van der Waals surface area (Å²) in [5.74, 6) is -2.62. The highest BCUT2D eigenvalue weighted by Gasteiger charge is 2.16. The molecule has 0 spiro atoms. The monoisotopic (exact) mass is 362 g/mol. The fourth-order valence-electron chi connectivity index (χ4n) is 1.88. The second-order valence-corrected chi connectivity index (χ2v) is 5.30. The number of phenols is 1. The first-order chi connectivity index (χ1) is 11.9. The summed E-state index contributed by atoms with van der Waals surface area (Å²) in [6.07, 6.45) is 0. The van der Waals surface area contributed by atoms with Gasteiger partial charge in [-0.25, -0.2) is 4.79 Å². The summed E-state index contributed by atoms with van der Waals surface area (Å²) in [7, 11) is 0. The second-order valence-electron chi connectivity index (χ2n) is 4.87. The van der Waals surface area contributed by atoms with Crippen molar-refractivity contribution in [2.75, 3.05) is 17.2 Å². The van der Waals surface area contributed by atoms with E-state index < -0.39 is 17.8 Å². The highest BCUT2D eigenvalue weighted by Crippen LogP contribution is 2.26. The Kier molecular flexibility index (Phi) is 5.97. The highest BCUT2D eigenvalue weighted by molar-refractivity contribution is 6.44. The molecule has 2 rings (SSSR count). The number of aromatic hydroxyl groups is 1. The van der Waals surface area contributed by atoms with Crippen molar-refractivity contribution in [3.05, 3.63) is 53.1 Å². The maximum Gasteiger partial charge on any atom is 0.338 e. The first-order valence-corrected chi connectivity index (χ1v) is 7.66. The van der Waals surface area contributed by atoms with Gasteiger partial charge in [0.05, 0.1) is 17.9 Å². The van der Waals surface area contributed by atoms with Gasteiger partial charge in [-0.3, -0.25) is 9.59 Å². The molecule has 3 N–H and O–H groups in total. The van der Waals surface area contributed by atoms with Crippen LogP contribution in [0.25, 0.3) is 0 Å². The van der Waals surface area contributed by atoms with Crippen LogP contribution in [0.5, 0.6) is 5.75 Å². The molecule has 8 heteroatoms. The molecule has 0 aliphatic carbocycles. The number of hydrogen-bond acceptors (Lipinski definition) is 5. The molecule has 2 aromatic carbocycles. The van der Waals surface area contributed by atoms with Gasteiger partial charge in [0, 0.05) is 10.7 Å². The number of nitrogens with one attached hydrogen (secondary N) is 2. The quantitative estimate of drug-likeness (QED) is 0.440. The molecule has 2 amide bonds. The molecule has 0 aliphatic heterocycles. The third kappa shape index (κ3) is 4.95. The Morgan fingerprint density at radius 1 is 1.04 bits per heavy atom. The molecule has 0 saturated carbocycles. The Balaban J connectivity index is 2.00. The minimum absolute atomic E-state index is 0.0188. The molecule has 0 unspecified atom stereocenters. The number of anilines is 2. The molecule has 7 nitrogen and oxygen atoms in total. The van der Waals surface area contributed by atoms with Gasteiger partial charge >= 0.3 is 17.8 Å². The lowest BCUT2D eigenvalue weighted by molar-refractivity contribution is -0.133. The SMILES string of the molecule is CCOC(=O)c1ccc(NC(=O)C(=O)Nc2cc(Cl)ccc2O)cc1. The van der Waals surface area contributed by atoms with Crippen LogP contribution in [0, 0.1) is 0 Å². The van der Waals surface area contributed by atoms with E-state index in [9.17, 15) is 19.5 Å². The molecule has 2 aromatic rings. The lowest BCUT2D eigenvalue weighted by atomic mass is 10.2. The average molecular weight is 363 g/mol. The number of benzene rings is 2. The molecule has 0 saturated heterocycles. The van der Waals surface area contributed by atoms with E-state index in [0.717, 1.165) is 0 Å². The lowest BCUT2D eigenvalue weighted by Crippen LogP contribution is -2.29. The van der Waals surface area contributed by atoms with Crippen molar-refractivity contribution in [2.24, 2.45) is 0 Å². The molecule has 0 heterocycles. The van der Waals surface area contributed by atoms with E-state index in [4.69, 9.17) is 16.3 Å². The van der Waals surface area contributed by atoms with Gasteiger partial charge in [-0.15, -0.1) is 0 Å². The molecular weight excluding hydrogens is 348 g/mol. The summed E-state index contributed by atoms with van der Waals surface area (Å²) in [6.45, 7) is 1.96. The maximum atomic E-state index is 11.9. The van der Waals surface area contributed by atoms with E-state index in [1.54, 1.807) is 6.92 Å². The van der Waals surface area contributed by atoms with E-state index in [1.807, 2.05) is 0 Å². The standard InChI is InChI=1S/C17H15ClN2O5/c1-2-25-17(24)10-3-6-12(7-4-10)19-15(22)16(23)20-13-9-11(18)5-8-14(13)21/h3-9,21H,2H2,1H3,(H,19,22)(H,20,23). The number of esters is 1. The molecule has 0 aromatic heterocycles. The van der Waals surface area contributed by atoms with Crippen LogP contribution in [0.15, 0.2) is 42.5 Å². The van der Waals surface area contributed by atoms with Crippen LogP contribution >= 0.6 is 11.6 Å². The molecule has 0 bridgehead atoms. The Morgan fingerprint density at radius 2 is 1.68 bits per heavy atom. The molecular formula is C17H15ClN2O5. The largest absolute Gasteiger partial charge is 0.506 e. The summed E-state index contributed by atoms with van der Waals surface area (Å²) in [4.78, 5) is 35.3. The molecule has 0 radical (unpaired) electrons. The van der Waals surface area contributed by atoms with Crippen molar-refractivity contribution in [3.63, 3.8) is 0 Å². The van der Waals surface area contributed by atoms with Gasteiger partial charge in [-0.2, -0.15) is 0 Å². The topological polar surface area (TPSA) is 105 Å². The van der Waals surface area contributed by atoms with Crippen molar-refractivity contribution < 1.29 is 24.2 Å². The number of ether oxygens (including phenoxy) is 1. The first kappa shape index (κ1) is 18.3. The predicted molar refractivity (Wildman–Crippen MR) is 92.8 cm³/mol. The van der Waals surface area contributed by atoms with E-state index >= 15 is 0 Å². The van der Waals surface area contributed by atoms with Gasteiger partial charge in [-0.1, -0.05) is 11.6 Å². The Bertz CT molecular complexity index is 805. The zero-order valence-electron chi connectivity index (χ0n) is 13.2. The van der Waals surface area contributed by atoms with Crippen LogP contribution in [0.2, 0.25) is 5.02 Å². The van der Waals surface area contributed by atoms with Crippen molar-refractivity contribution in [1.29, 1.82) is 0 Å². The number of phenolic OH excluding ortho intramolecular Hbond substituents is 1. The van der Waals surface area contributed by atoms with E-state index in [1.165, 1.54) is 42.5 Å². The van der Waals surface area contributed by atoms with E-state index in [-0.39, 0.29) is 18.0 Å².